The first kappa shape index (κ1) is 14.9. The van der Waals surface area contributed by atoms with Gasteiger partial charge in [-0.15, -0.1) is 0 Å². The highest BCUT2D eigenvalue weighted by atomic mass is 16.3. The van der Waals surface area contributed by atoms with Gasteiger partial charge in [0.15, 0.2) is 0 Å². The average Bonchev–Trinajstić information content (AvgIpc) is 2.81. The first-order valence-corrected chi connectivity index (χ1v) is 7.01. The summed E-state index contributed by atoms with van der Waals surface area (Å²) in [4.78, 5) is 12.4. The van der Waals surface area contributed by atoms with Crippen LogP contribution < -0.4 is 5.73 Å². The van der Waals surface area contributed by atoms with Gasteiger partial charge in [-0.25, -0.2) is 15.0 Å². The summed E-state index contributed by atoms with van der Waals surface area (Å²) in [5, 5.41) is 15.1. The Kier molecular flexibility index (Phi) is 3.47. The van der Waals surface area contributed by atoms with Gasteiger partial charge in [0.05, 0.1) is 17.4 Å². The summed E-state index contributed by atoms with van der Waals surface area (Å²) in [5.74, 6) is 5.81. The van der Waals surface area contributed by atoms with Gasteiger partial charge in [0.1, 0.15) is 17.0 Å². The van der Waals surface area contributed by atoms with Crippen LogP contribution in [-0.2, 0) is 7.05 Å². The molecule has 0 aliphatic carbocycles. The SMILES string of the molecule is Cn1nc(-c2ccnc(N)n2)c2cc(C#CC(C)(C)O)ncc21. The van der Waals surface area contributed by atoms with Crippen molar-refractivity contribution < 1.29 is 5.11 Å². The first-order valence-electron chi connectivity index (χ1n) is 7.01. The van der Waals surface area contributed by atoms with Crippen molar-refractivity contribution in [2.75, 3.05) is 5.73 Å². The molecule has 23 heavy (non-hydrogen) atoms. The molecule has 0 saturated carbocycles. The van der Waals surface area contributed by atoms with Crippen LogP contribution in [0.1, 0.15) is 19.5 Å². The Hall–Kier alpha value is -2.98. The third-order valence-corrected chi connectivity index (χ3v) is 3.15. The molecule has 0 saturated heterocycles. The maximum absolute atomic E-state index is 9.71. The van der Waals surface area contributed by atoms with Crippen molar-refractivity contribution in [3.05, 3.63) is 30.2 Å². The molecule has 0 unspecified atom stereocenters. The van der Waals surface area contributed by atoms with E-state index in [1.54, 1.807) is 37.0 Å². The maximum Gasteiger partial charge on any atom is 0.220 e. The second-order valence-electron chi connectivity index (χ2n) is 5.67. The van der Waals surface area contributed by atoms with Gasteiger partial charge in [0.25, 0.3) is 0 Å². The minimum atomic E-state index is -1.07. The molecule has 3 heterocycles. The molecule has 0 radical (unpaired) electrons. The second-order valence-corrected chi connectivity index (χ2v) is 5.67. The number of aryl methyl sites for hydroxylation is 1. The van der Waals surface area contributed by atoms with Crippen LogP contribution in [0.2, 0.25) is 0 Å². The molecule has 3 aromatic heterocycles. The van der Waals surface area contributed by atoms with Gasteiger partial charge in [-0.05, 0) is 31.9 Å². The molecule has 3 N–H and O–H groups in total. The topological polar surface area (TPSA) is 103 Å². The quantitative estimate of drug-likeness (QED) is 0.653. The number of aromatic nitrogens is 5. The van der Waals surface area contributed by atoms with Crippen molar-refractivity contribution in [1.29, 1.82) is 0 Å². The molecule has 0 aliphatic heterocycles. The molecule has 0 amide bonds. The zero-order valence-corrected chi connectivity index (χ0v) is 13.1. The fraction of sp³-hybridized carbons (Fsp3) is 0.250. The van der Waals surface area contributed by atoms with Crippen molar-refractivity contribution >= 4 is 16.9 Å². The molecule has 0 atom stereocenters. The van der Waals surface area contributed by atoms with Crippen LogP contribution >= 0.6 is 0 Å². The number of pyridine rings is 1. The Bertz CT molecular complexity index is 943. The summed E-state index contributed by atoms with van der Waals surface area (Å²) in [6, 6.07) is 3.58. The number of hydrogen-bond acceptors (Lipinski definition) is 6. The smallest absolute Gasteiger partial charge is 0.220 e. The number of nitrogens with zero attached hydrogens (tertiary/aromatic N) is 5. The van der Waals surface area contributed by atoms with E-state index in [-0.39, 0.29) is 5.95 Å². The Balaban J connectivity index is 2.17. The number of hydrogen-bond donors (Lipinski definition) is 2. The molecule has 7 heteroatoms. The second kappa shape index (κ2) is 5.34. The van der Waals surface area contributed by atoms with Crippen LogP contribution in [0.4, 0.5) is 5.95 Å². The Morgan fingerprint density at radius 2 is 2.09 bits per heavy atom. The zero-order chi connectivity index (χ0) is 16.6. The molecular formula is C16H16N6O. The summed E-state index contributed by atoms with van der Waals surface area (Å²) >= 11 is 0. The van der Waals surface area contributed by atoms with Crippen molar-refractivity contribution in [1.82, 2.24) is 24.7 Å². The molecule has 0 aromatic carbocycles. The van der Waals surface area contributed by atoms with Gasteiger partial charge in [0, 0.05) is 18.6 Å². The minimum absolute atomic E-state index is 0.192. The van der Waals surface area contributed by atoms with E-state index in [0.29, 0.717) is 17.1 Å². The monoisotopic (exact) mass is 308 g/mol. The predicted molar refractivity (Wildman–Crippen MR) is 87.1 cm³/mol. The maximum atomic E-state index is 9.71. The third-order valence-electron chi connectivity index (χ3n) is 3.15. The fourth-order valence-electron chi connectivity index (χ4n) is 2.13. The largest absolute Gasteiger partial charge is 0.378 e. The van der Waals surface area contributed by atoms with Crippen LogP contribution in [0.15, 0.2) is 24.5 Å². The highest BCUT2D eigenvalue weighted by Crippen LogP contribution is 2.26. The van der Waals surface area contributed by atoms with Gasteiger partial charge in [-0.1, -0.05) is 5.92 Å². The van der Waals surface area contributed by atoms with E-state index in [1.807, 2.05) is 13.1 Å². The molecule has 7 nitrogen and oxygen atoms in total. The number of nitrogens with two attached hydrogens (primary N) is 1. The lowest BCUT2D eigenvalue weighted by molar-refractivity contribution is 0.143. The van der Waals surface area contributed by atoms with Crippen LogP contribution in [0.25, 0.3) is 22.3 Å². The van der Waals surface area contributed by atoms with Crippen molar-refractivity contribution in [3.63, 3.8) is 0 Å². The number of aliphatic hydroxyl groups is 1. The summed E-state index contributed by atoms with van der Waals surface area (Å²) in [6.45, 7) is 3.25. The third kappa shape index (κ3) is 3.12. The van der Waals surface area contributed by atoms with Gasteiger partial charge in [-0.3, -0.25) is 4.68 Å². The summed E-state index contributed by atoms with van der Waals surface area (Å²) < 4.78 is 1.73. The number of nitrogen functional groups attached to an aromatic ring is 1. The normalized spacial score (nSPS) is 11.3. The number of fused-ring (bicyclic) bond motifs is 1. The van der Waals surface area contributed by atoms with Crippen LogP contribution in [-0.4, -0.2) is 35.4 Å². The van der Waals surface area contributed by atoms with E-state index in [2.05, 4.69) is 31.9 Å². The van der Waals surface area contributed by atoms with E-state index in [0.717, 1.165) is 10.9 Å². The van der Waals surface area contributed by atoms with Crippen molar-refractivity contribution in [3.8, 4) is 23.2 Å². The van der Waals surface area contributed by atoms with E-state index >= 15 is 0 Å². The number of rotatable bonds is 1. The predicted octanol–water partition coefficient (Wildman–Crippen LogP) is 1.13. The van der Waals surface area contributed by atoms with Gasteiger partial charge >= 0.3 is 0 Å². The molecule has 0 aliphatic rings. The molecule has 3 aromatic rings. The van der Waals surface area contributed by atoms with Gasteiger partial charge in [-0.2, -0.15) is 5.10 Å². The molecule has 116 valence electrons. The van der Waals surface area contributed by atoms with E-state index in [4.69, 9.17) is 5.73 Å². The summed E-state index contributed by atoms with van der Waals surface area (Å²) in [5.41, 5.74) is 7.30. The van der Waals surface area contributed by atoms with E-state index in [1.165, 1.54) is 0 Å². The summed E-state index contributed by atoms with van der Waals surface area (Å²) in [6.07, 6.45) is 3.29. The zero-order valence-electron chi connectivity index (χ0n) is 13.1. The minimum Gasteiger partial charge on any atom is -0.378 e. The lowest BCUT2D eigenvalue weighted by atomic mass is 10.1. The highest BCUT2D eigenvalue weighted by Gasteiger charge is 2.13. The van der Waals surface area contributed by atoms with Crippen LogP contribution in [0, 0.1) is 11.8 Å². The van der Waals surface area contributed by atoms with Crippen LogP contribution in [0.5, 0.6) is 0 Å². The molecule has 0 spiro atoms. The molecule has 0 bridgehead atoms. The van der Waals surface area contributed by atoms with E-state index < -0.39 is 5.60 Å². The lowest BCUT2D eigenvalue weighted by Gasteiger charge is -2.05. The Morgan fingerprint density at radius 3 is 2.78 bits per heavy atom. The number of anilines is 1. The van der Waals surface area contributed by atoms with Crippen molar-refractivity contribution in [2.24, 2.45) is 7.05 Å². The standard InChI is InChI=1S/C16H16N6O/c1-16(2,23)6-4-10-8-11-13(9-19-10)22(3)21-14(11)12-5-7-18-15(17)20-12/h5,7-9,23H,1-3H3,(H2,17,18,20). The fourth-order valence-corrected chi connectivity index (χ4v) is 2.13. The molecule has 0 fully saturated rings. The average molecular weight is 308 g/mol. The lowest BCUT2D eigenvalue weighted by Crippen LogP contribution is -2.14. The Morgan fingerprint density at radius 1 is 1.30 bits per heavy atom. The summed E-state index contributed by atoms with van der Waals surface area (Å²) in [7, 11) is 1.83. The van der Waals surface area contributed by atoms with Crippen LogP contribution in [0.3, 0.4) is 0 Å². The van der Waals surface area contributed by atoms with Gasteiger partial charge < -0.3 is 10.8 Å². The van der Waals surface area contributed by atoms with Crippen molar-refractivity contribution in [2.45, 2.75) is 19.4 Å². The highest BCUT2D eigenvalue weighted by molar-refractivity contribution is 5.92. The first-order chi connectivity index (χ1) is 10.8. The molecule has 3 rings (SSSR count). The van der Waals surface area contributed by atoms with E-state index in [9.17, 15) is 5.11 Å². The Labute approximate surface area is 133 Å². The molecular weight excluding hydrogens is 292 g/mol. The van der Waals surface area contributed by atoms with Gasteiger partial charge in [0.2, 0.25) is 5.95 Å².